The Balaban J connectivity index is 0.000000114. The predicted molar refractivity (Wildman–Crippen MR) is 507 cm³/mol. The molecule has 22 aromatic carbocycles. The van der Waals surface area contributed by atoms with Crippen LogP contribution >= 0.6 is 0 Å². The van der Waals surface area contributed by atoms with Gasteiger partial charge in [-0.15, -0.1) is 0 Å². The van der Waals surface area contributed by atoms with Crippen molar-refractivity contribution in [3.05, 3.63) is 485 Å². The van der Waals surface area contributed by atoms with Crippen molar-refractivity contribution < 1.29 is 0 Å². The summed E-state index contributed by atoms with van der Waals surface area (Å²) in [6, 6.07) is 176. The number of rotatable bonds is 12. The van der Waals surface area contributed by atoms with Crippen molar-refractivity contribution in [1.29, 1.82) is 0 Å². The van der Waals surface area contributed by atoms with Crippen LogP contribution in [-0.4, -0.2) is 0 Å². The topological polar surface area (TPSA) is 0 Å². The summed E-state index contributed by atoms with van der Waals surface area (Å²) >= 11 is 0. The molecule has 0 saturated carbocycles. The van der Waals surface area contributed by atoms with E-state index in [2.05, 4.69) is 485 Å². The first-order valence-corrected chi connectivity index (χ1v) is 40.8. The van der Waals surface area contributed by atoms with Crippen LogP contribution in [0.5, 0.6) is 0 Å². The van der Waals surface area contributed by atoms with Crippen LogP contribution in [0.3, 0.4) is 0 Å². The molecule has 0 aliphatic carbocycles. The van der Waals surface area contributed by atoms with E-state index < -0.39 is 0 Å². The quantitative estimate of drug-likeness (QED) is 0.107. The summed E-state index contributed by atoms with van der Waals surface area (Å²) < 4.78 is 0. The second-order valence-corrected chi connectivity index (χ2v) is 30.4. The molecule has 0 saturated heterocycles. The van der Waals surface area contributed by atoms with Crippen LogP contribution < -0.4 is 0 Å². The third-order valence-corrected chi connectivity index (χ3v) is 23.4. The highest BCUT2D eigenvalue weighted by Crippen LogP contribution is 2.50. The lowest BCUT2D eigenvalue weighted by molar-refractivity contribution is 1.60. The van der Waals surface area contributed by atoms with Crippen molar-refractivity contribution in [3.8, 4) is 134 Å². The highest BCUT2D eigenvalue weighted by molar-refractivity contribution is 6.25. The lowest BCUT2D eigenvalue weighted by Gasteiger charge is -2.19. The first-order chi connectivity index (χ1) is 58.6. The molecule has 0 aromatic heterocycles. The maximum atomic E-state index is 2.35. The Labute approximate surface area is 689 Å². The minimum atomic E-state index is 1.23. The molecule has 0 aliphatic heterocycles. The van der Waals surface area contributed by atoms with Gasteiger partial charge in [-0.25, -0.2) is 0 Å². The molecule has 0 N–H and O–H groups in total. The highest BCUT2D eigenvalue weighted by Gasteiger charge is 2.22. The summed E-state index contributed by atoms with van der Waals surface area (Å²) in [5.41, 5.74) is 30.0. The van der Waals surface area contributed by atoms with E-state index in [1.165, 1.54) is 209 Å². The molecule has 0 nitrogen and oxygen atoms in total. The smallest absolute Gasteiger partial charge is 0.00201 e. The minimum Gasteiger partial charge on any atom is -0.0622 e. The van der Waals surface area contributed by atoms with Gasteiger partial charge in [0.05, 0.1) is 0 Å². The third kappa shape index (κ3) is 14.0. The summed E-state index contributed by atoms with van der Waals surface area (Å²) in [6.07, 6.45) is 0. The number of hydrogen-bond acceptors (Lipinski definition) is 0. The molecule has 22 aromatic rings. The van der Waals surface area contributed by atoms with Crippen LogP contribution in [0.2, 0.25) is 0 Å². The Morgan fingerprint density at radius 1 is 0.0847 bits per heavy atom. The van der Waals surface area contributed by atoms with E-state index in [1.807, 2.05) is 0 Å². The van der Waals surface area contributed by atoms with Gasteiger partial charge in [0.2, 0.25) is 0 Å². The zero-order valence-corrected chi connectivity index (χ0v) is 65.2. The average Bonchev–Trinajstić information content (AvgIpc) is 0.747. The Hall–Kier alpha value is -15.3. The van der Waals surface area contributed by atoms with Crippen LogP contribution in [0.1, 0.15) is 0 Å². The van der Waals surface area contributed by atoms with E-state index in [0.29, 0.717) is 0 Å². The largest absolute Gasteiger partial charge is 0.0622 e. The molecule has 552 valence electrons. The monoisotopic (exact) mass is 1500 g/mol. The standard InChI is InChI=1S/C42H28.2C38H26/c1-2-11-29(12-3-1)31-21-24-32(25-22-31)41-37-17-6-8-19-39(37)42(40-20-9-7-18-38(40)41)36-16-10-15-34(28-36)35-26-23-30-13-4-5-14-33(30)27-35;1-3-12-27(13-4-1)29-22-24-30(25-23-29)37-33-18-7-9-20-35(33)38(36-21-10-8-19-34(36)37)32-17-11-16-31(26-32)28-14-5-2-6-15-28;1-3-13-27(14-4-1)28-23-25-30(26-24-28)37-33-19-9-11-21-35(33)38(36-22-12-10-20-34(36)37)32-18-8-7-17-31(32)29-15-5-2-6-16-29/h1-28H;2*1-26H. The van der Waals surface area contributed by atoms with E-state index in [4.69, 9.17) is 0 Å². The van der Waals surface area contributed by atoms with E-state index in [0.717, 1.165) is 0 Å². The van der Waals surface area contributed by atoms with Gasteiger partial charge in [-0.2, -0.15) is 0 Å². The maximum absolute atomic E-state index is 2.35. The minimum absolute atomic E-state index is 1.23. The van der Waals surface area contributed by atoms with E-state index in [-0.39, 0.29) is 0 Å². The zero-order chi connectivity index (χ0) is 78.5. The molecule has 0 unspecified atom stereocenters. The van der Waals surface area contributed by atoms with Gasteiger partial charge in [0.1, 0.15) is 0 Å². The van der Waals surface area contributed by atoms with Gasteiger partial charge in [0.15, 0.2) is 0 Å². The van der Waals surface area contributed by atoms with Crippen LogP contribution in [0.25, 0.3) is 209 Å². The highest BCUT2D eigenvalue weighted by atomic mass is 14.3. The lowest BCUT2D eigenvalue weighted by atomic mass is 9.83. The molecule has 0 heterocycles. The van der Waals surface area contributed by atoms with Gasteiger partial charge in [0.25, 0.3) is 0 Å². The molecule has 0 fully saturated rings. The molecule has 0 bridgehead atoms. The van der Waals surface area contributed by atoms with Crippen LogP contribution in [-0.2, 0) is 0 Å². The molecule has 0 heteroatoms. The fourth-order valence-corrected chi connectivity index (χ4v) is 17.9. The lowest BCUT2D eigenvalue weighted by Crippen LogP contribution is -1.92. The van der Waals surface area contributed by atoms with E-state index >= 15 is 0 Å². The molecular formula is C118H80. The van der Waals surface area contributed by atoms with E-state index in [9.17, 15) is 0 Å². The van der Waals surface area contributed by atoms with Crippen LogP contribution in [0.4, 0.5) is 0 Å². The molecule has 118 heavy (non-hydrogen) atoms. The Morgan fingerprint density at radius 2 is 0.280 bits per heavy atom. The predicted octanol–water partition coefficient (Wildman–Crippen LogP) is 33.1. The molecular weight excluding hydrogens is 1420 g/mol. The number of fused-ring (bicyclic) bond motifs is 7. The van der Waals surface area contributed by atoms with Crippen molar-refractivity contribution in [2.24, 2.45) is 0 Å². The Kier molecular flexibility index (Phi) is 19.6. The van der Waals surface area contributed by atoms with Gasteiger partial charge in [-0.1, -0.05) is 467 Å². The first-order valence-electron chi connectivity index (χ1n) is 40.8. The van der Waals surface area contributed by atoms with Crippen molar-refractivity contribution in [3.63, 3.8) is 0 Å². The normalized spacial score (nSPS) is 11.2. The Bertz CT molecular complexity index is 7220. The van der Waals surface area contributed by atoms with Crippen molar-refractivity contribution in [1.82, 2.24) is 0 Å². The molecule has 0 radical (unpaired) electrons. The third-order valence-electron chi connectivity index (χ3n) is 23.4. The van der Waals surface area contributed by atoms with E-state index in [1.54, 1.807) is 0 Å². The van der Waals surface area contributed by atoms with Crippen LogP contribution in [0.15, 0.2) is 485 Å². The van der Waals surface area contributed by atoms with Crippen molar-refractivity contribution >= 4 is 75.4 Å². The summed E-state index contributed by atoms with van der Waals surface area (Å²) in [4.78, 5) is 0. The fourth-order valence-electron chi connectivity index (χ4n) is 17.9. The molecule has 22 rings (SSSR count). The Morgan fingerprint density at radius 3 is 0.610 bits per heavy atom. The zero-order valence-electron chi connectivity index (χ0n) is 65.2. The van der Waals surface area contributed by atoms with Gasteiger partial charge in [-0.3, -0.25) is 0 Å². The molecule has 0 spiro atoms. The first kappa shape index (κ1) is 71.7. The summed E-state index contributed by atoms with van der Waals surface area (Å²) in [5.74, 6) is 0. The van der Waals surface area contributed by atoms with Gasteiger partial charge < -0.3 is 0 Å². The van der Waals surface area contributed by atoms with Gasteiger partial charge >= 0.3 is 0 Å². The fraction of sp³-hybridized carbons (Fsp3) is 0. The SMILES string of the molecule is c1ccc(-c2ccc(-c3c4ccccc4c(-c4cccc(-c5ccc6ccccc6c5)c4)c4ccccc34)cc2)cc1.c1ccc(-c2ccc(-c3c4ccccc4c(-c4cccc(-c5ccccc5)c4)c4ccccc34)cc2)cc1.c1ccc(-c2ccc(-c3c4ccccc4c(-c4ccccc4-c4ccccc4)c4ccccc34)cc2)cc1. The van der Waals surface area contributed by atoms with Crippen molar-refractivity contribution in [2.45, 2.75) is 0 Å². The summed E-state index contributed by atoms with van der Waals surface area (Å²) in [5, 5.41) is 17.8. The second-order valence-electron chi connectivity index (χ2n) is 30.4. The average molecular weight is 1500 g/mol. The summed E-state index contributed by atoms with van der Waals surface area (Å²) in [7, 11) is 0. The summed E-state index contributed by atoms with van der Waals surface area (Å²) in [6.45, 7) is 0. The molecule has 0 atom stereocenters. The molecule has 0 amide bonds. The number of benzene rings is 22. The second kappa shape index (κ2) is 32.3. The number of hydrogen-bond donors (Lipinski definition) is 0. The van der Waals surface area contributed by atoms with Gasteiger partial charge in [-0.05, 0) is 227 Å². The van der Waals surface area contributed by atoms with Gasteiger partial charge in [0, 0.05) is 0 Å². The van der Waals surface area contributed by atoms with Crippen LogP contribution in [0, 0.1) is 0 Å². The maximum Gasteiger partial charge on any atom is -0.00201 e. The molecule has 0 aliphatic rings. The van der Waals surface area contributed by atoms with Crippen molar-refractivity contribution in [2.75, 3.05) is 0 Å².